The molecule has 2 rings (SSSR count). The SMILES string of the molecule is C=CCCNC(=O)c1cnn(-c2ccccc2)c1. The molecule has 2 aromatic rings. The molecule has 1 N–H and O–H groups in total. The van der Waals surface area contributed by atoms with Crippen LogP contribution >= 0.6 is 0 Å². The van der Waals surface area contributed by atoms with E-state index < -0.39 is 0 Å². The molecule has 0 aliphatic heterocycles. The predicted molar refractivity (Wildman–Crippen MR) is 70.7 cm³/mol. The Morgan fingerprint density at radius 3 is 2.89 bits per heavy atom. The van der Waals surface area contributed by atoms with Crippen LogP contribution in [0.1, 0.15) is 16.8 Å². The van der Waals surface area contributed by atoms with Gasteiger partial charge in [0.1, 0.15) is 0 Å². The van der Waals surface area contributed by atoms with Gasteiger partial charge in [-0.05, 0) is 18.6 Å². The summed E-state index contributed by atoms with van der Waals surface area (Å²) in [6, 6.07) is 9.68. The van der Waals surface area contributed by atoms with E-state index in [1.54, 1.807) is 23.2 Å². The average molecular weight is 241 g/mol. The summed E-state index contributed by atoms with van der Waals surface area (Å²) >= 11 is 0. The summed E-state index contributed by atoms with van der Waals surface area (Å²) in [4.78, 5) is 11.8. The summed E-state index contributed by atoms with van der Waals surface area (Å²) < 4.78 is 1.68. The first kappa shape index (κ1) is 12.1. The Morgan fingerprint density at radius 2 is 2.17 bits per heavy atom. The third-order valence-electron chi connectivity index (χ3n) is 2.50. The van der Waals surface area contributed by atoms with Crippen LogP contribution in [0.4, 0.5) is 0 Å². The highest BCUT2D eigenvalue weighted by molar-refractivity contribution is 5.93. The number of para-hydroxylation sites is 1. The Balaban J connectivity index is 2.06. The fourth-order valence-corrected chi connectivity index (χ4v) is 1.55. The van der Waals surface area contributed by atoms with Crippen molar-refractivity contribution < 1.29 is 4.79 Å². The molecule has 1 heterocycles. The van der Waals surface area contributed by atoms with Crippen LogP contribution in [0.15, 0.2) is 55.4 Å². The van der Waals surface area contributed by atoms with Crippen LogP contribution in [0, 0.1) is 0 Å². The summed E-state index contributed by atoms with van der Waals surface area (Å²) in [6.07, 6.45) is 5.82. The Morgan fingerprint density at radius 1 is 1.39 bits per heavy atom. The summed E-state index contributed by atoms with van der Waals surface area (Å²) in [5.41, 5.74) is 1.49. The van der Waals surface area contributed by atoms with Gasteiger partial charge < -0.3 is 5.32 Å². The van der Waals surface area contributed by atoms with Crippen molar-refractivity contribution in [2.24, 2.45) is 0 Å². The molecule has 18 heavy (non-hydrogen) atoms. The number of hydrogen-bond donors (Lipinski definition) is 1. The number of rotatable bonds is 5. The number of amides is 1. The van der Waals surface area contributed by atoms with Crippen LogP contribution in [0.5, 0.6) is 0 Å². The highest BCUT2D eigenvalue weighted by atomic mass is 16.1. The topological polar surface area (TPSA) is 46.9 Å². The minimum absolute atomic E-state index is 0.112. The number of nitrogens with one attached hydrogen (secondary N) is 1. The van der Waals surface area contributed by atoms with Gasteiger partial charge in [-0.15, -0.1) is 6.58 Å². The maximum Gasteiger partial charge on any atom is 0.254 e. The van der Waals surface area contributed by atoms with Gasteiger partial charge in [0.25, 0.3) is 5.91 Å². The summed E-state index contributed by atoms with van der Waals surface area (Å²) in [5.74, 6) is -0.112. The average Bonchev–Trinajstić information content (AvgIpc) is 2.89. The second-order valence-corrected chi connectivity index (χ2v) is 3.84. The minimum Gasteiger partial charge on any atom is -0.352 e. The normalized spacial score (nSPS) is 10.0. The van der Waals surface area contributed by atoms with Crippen LogP contribution in [0.2, 0.25) is 0 Å². The van der Waals surface area contributed by atoms with Crippen molar-refractivity contribution in [3.63, 3.8) is 0 Å². The van der Waals surface area contributed by atoms with E-state index in [2.05, 4.69) is 17.0 Å². The van der Waals surface area contributed by atoms with Gasteiger partial charge in [-0.25, -0.2) is 4.68 Å². The molecule has 1 aromatic heterocycles. The highest BCUT2D eigenvalue weighted by Crippen LogP contribution is 2.07. The van der Waals surface area contributed by atoms with E-state index in [9.17, 15) is 4.79 Å². The van der Waals surface area contributed by atoms with Gasteiger partial charge in [0.15, 0.2) is 0 Å². The Kier molecular flexibility index (Phi) is 3.91. The van der Waals surface area contributed by atoms with Crippen molar-refractivity contribution in [3.8, 4) is 5.69 Å². The fourth-order valence-electron chi connectivity index (χ4n) is 1.55. The van der Waals surface area contributed by atoms with Gasteiger partial charge in [0.2, 0.25) is 0 Å². The van der Waals surface area contributed by atoms with Crippen molar-refractivity contribution in [1.29, 1.82) is 0 Å². The van der Waals surface area contributed by atoms with E-state index in [1.165, 1.54) is 0 Å². The van der Waals surface area contributed by atoms with Crippen molar-refractivity contribution in [2.75, 3.05) is 6.54 Å². The smallest absolute Gasteiger partial charge is 0.254 e. The van der Waals surface area contributed by atoms with Crippen molar-refractivity contribution in [1.82, 2.24) is 15.1 Å². The zero-order valence-electron chi connectivity index (χ0n) is 10.0. The first-order chi connectivity index (χ1) is 8.81. The van der Waals surface area contributed by atoms with E-state index in [4.69, 9.17) is 0 Å². The standard InChI is InChI=1S/C14H15N3O/c1-2-3-9-15-14(18)12-10-16-17(11-12)13-7-5-4-6-8-13/h2,4-8,10-11H,1,3,9H2,(H,15,18). The van der Waals surface area contributed by atoms with Gasteiger partial charge >= 0.3 is 0 Å². The lowest BCUT2D eigenvalue weighted by molar-refractivity contribution is 0.0954. The molecule has 0 spiro atoms. The van der Waals surface area contributed by atoms with Crippen LogP contribution in [-0.4, -0.2) is 22.2 Å². The number of carbonyl (C=O) groups excluding carboxylic acids is 1. The largest absolute Gasteiger partial charge is 0.352 e. The number of hydrogen-bond acceptors (Lipinski definition) is 2. The molecule has 4 heteroatoms. The first-order valence-corrected chi connectivity index (χ1v) is 5.80. The van der Waals surface area contributed by atoms with E-state index in [-0.39, 0.29) is 5.91 Å². The van der Waals surface area contributed by atoms with Gasteiger partial charge in [-0.2, -0.15) is 5.10 Å². The zero-order chi connectivity index (χ0) is 12.8. The highest BCUT2D eigenvalue weighted by Gasteiger charge is 2.08. The van der Waals surface area contributed by atoms with Crippen LogP contribution in [0.3, 0.4) is 0 Å². The molecule has 0 aliphatic carbocycles. The van der Waals surface area contributed by atoms with Gasteiger partial charge in [0.05, 0.1) is 17.4 Å². The summed E-state index contributed by atoms with van der Waals surface area (Å²) in [5, 5.41) is 6.97. The molecule has 0 atom stereocenters. The lowest BCUT2D eigenvalue weighted by Crippen LogP contribution is -2.23. The van der Waals surface area contributed by atoms with E-state index in [0.717, 1.165) is 12.1 Å². The molecule has 92 valence electrons. The number of carbonyl (C=O) groups is 1. The molecule has 0 bridgehead atoms. The molecule has 0 saturated heterocycles. The van der Waals surface area contributed by atoms with Gasteiger partial charge in [0, 0.05) is 12.7 Å². The first-order valence-electron chi connectivity index (χ1n) is 5.80. The molecule has 0 unspecified atom stereocenters. The zero-order valence-corrected chi connectivity index (χ0v) is 10.0. The monoisotopic (exact) mass is 241 g/mol. The molecule has 0 saturated carbocycles. The van der Waals surface area contributed by atoms with Crippen LogP contribution in [0.25, 0.3) is 5.69 Å². The second kappa shape index (κ2) is 5.82. The maximum absolute atomic E-state index is 11.8. The van der Waals surface area contributed by atoms with Crippen molar-refractivity contribution in [2.45, 2.75) is 6.42 Å². The number of aromatic nitrogens is 2. The molecular formula is C14H15N3O. The molecule has 0 aliphatic rings. The molecule has 0 radical (unpaired) electrons. The van der Waals surface area contributed by atoms with Gasteiger partial charge in [-0.3, -0.25) is 4.79 Å². The molecular weight excluding hydrogens is 226 g/mol. The Hall–Kier alpha value is -2.36. The van der Waals surface area contributed by atoms with Crippen LogP contribution < -0.4 is 5.32 Å². The Bertz CT molecular complexity index is 531. The fraction of sp³-hybridized carbons (Fsp3) is 0.143. The lowest BCUT2D eigenvalue weighted by Gasteiger charge is -2.00. The van der Waals surface area contributed by atoms with Crippen molar-refractivity contribution in [3.05, 3.63) is 60.9 Å². The second-order valence-electron chi connectivity index (χ2n) is 3.84. The van der Waals surface area contributed by atoms with E-state index in [0.29, 0.717) is 12.1 Å². The molecule has 4 nitrogen and oxygen atoms in total. The molecule has 1 aromatic carbocycles. The predicted octanol–water partition coefficient (Wildman–Crippen LogP) is 2.18. The maximum atomic E-state index is 11.8. The number of nitrogens with zero attached hydrogens (tertiary/aromatic N) is 2. The molecule has 1 amide bonds. The molecule has 0 fully saturated rings. The van der Waals surface area contributed by atoms with E-state index in [1.807, 2.05) is 30.3 Å². The lowest BCUT2D eigenvalue weighted by atomic mass is 10.3. The van der Waals surface area contributed by atoms with Gasteiger partial charge in [-0.1, -0.05) is 24.3 Å². The summed E-state index contributed by atoms with van der Waals surface area (Å²) in [6.45, 7) is 4.20. The van der Waals surface area contributed by atoms with E-state index >= 15 is 0 Å². The third-order valence-corrected chi connectivity index (χ3v) is 2.50. The Labute approximate surface area is 106 Å². The van der Waals surface area contributed by atoms with Crippen LogP contribution in [-0.2, 0) is 0 Å². The van der Waals surface area contributed by atoms with Crippen molar-refractivity contribution >= 4 is 5.91 Å². The quantitative estimate of drug-likeness (QED) is 0.644. The minimum atomic E-state index is -0.112. The summed E-state index contributed by atoms with van der Waals surface area (Å²) in [7, 11) is 0. The third kappa shape index (κ3) is 2.85. The number of benzene rings is 1.